The van der Waals surface area contributed by atoms with Gasteiger partial charge in [0.15, 0.2) is 6.29 Å². The molecule has 0 aliphatic carbocycles. The fourth-order valence-electron chi connectivity index (χ4n) is 1.19. The van der Waals surface area contributed by atoms with E-state index in [0.29, 0.717) is 13.0 Å². The summed E-state index contributed by atoms with van der Waals surface area (Å²) in [6.45, 7) is 0.400. The number of rotatable bonds is 2. The van der Waals surface area contributed by atoms with E-state index in [4.69, 9.17) is 25.7 Å². The van der Waals surface area contributed by atoms with E-state index < -0.39 is 20.1 Å². The molecular formula is C5H12N3O5P. The first-order valence-electron chi connectivity index (χ1n) is 3.85. The van der Waals surface area contributed by atoms with E-state index in [1.807, 2.05) is 0 Å². The van der Waals surface area contributed by atoms with Crippen molar-refractivity contribution >= 4 is 13.7 Å². The lowest BCUT2D eigenvalue weighted by atomic mass is 10.0. The standard InChI is InChI=1S/C5H12N3O5P/c6-5(7-14(11,12)13)8-2-1-3(8)4(9)10/h3-4,9-10H,1-2H2,(H4,6,7,11,12,13). The Morgan fingerprint density at radius 1 is 1.57 bits per heavy atom. The van der Waals surface area contributed by atoms with Crippen molar-refractivity contribution in [2.24, 2.45) is 10.5 Å². The SMILES string of the molecule is NC(=NP(=O)(O)O)N1CCC1C(O)O. The maximum absolute atomic E-state index is 10.4. The molecule has 1 fully saturated rings. The van der Waals surface area contributed by atoms with Crippen LogP contribution in [0.3, 0.4) is 0 Å². The molecule has 6 N–H and O–H groups in total. The molecule has 1 atom stereocenters. The number of likely N-dealkylation sites (tertiary alicyclic amines) is 1. The number of aliphatic hydroxyl groups excluding tert-OH is 1. The van der Waals surface area contributed by atoms with Gasteiger partial charge in [-0.3, -0.25) is 0 Å². The third kappa shape index (κ3) is 2.66. The van der Waals surface area contributed by atoms with Crippen LogP contribution in [0.5, 0.6) is 0 Å². The quantitative estimate of drug-likeness (QED) is 0.155. The molecular weight excluding hydrogens is 213 g/mol. The number of nitrogens with zero attached hydrogens (tertiary/aromatic N) is 2. The first-order valence-corrected chi connectivity index (χ1v) is 5.42. The lowest BCUT2D eigenvalue weighted by Crippen LogP contribution is -2.58. The van der Waals surface area contributed by atoms with Gasteiger partial charge in [0, 0.05) is 6.54 Å². The summed E-state index contributed by atoms with van der Waals surface area (Å²) in [4.78, 5) is 18.2. The lowest BCUT2D eigenvalue weighted by Gasteiger charge is -2.42. The van der Waals surface area contributed by atoms with E-state index in [0.717, 1.165) is 0 Å². The smallest absolute Gasteiger partial charge is 0.369 e. The third-order valence-electron chi connectivity index (χ3n) is 1.94. The molecule has 9 heteroatoms. The normalized spacial score (nSPS) is 23.9. The van der Waals surface area contributed by atoms with Crippen molar-refractivity contribution in [2.45, 2.75) is 18.8 Å². The average molecular weight is 225 g/mol. The summed E-state index contributed by atoms with van der Waals surface area (Å²) in [5, 5.41) is 17.6. The van der Waals surface area contributed by atoms with Gasteiger partial charge in [-0.25, -0.2) is 4.57 Å². The minimum atomic E-state index is -4.55. The van der Waals surface area contributed by atoms with E-state index in [1.165, 1.54) is 4.90 Å². The molecule has 0 spiro atoms. The minimum Gasteiger partial charge on any atom is -0.369 e. The highest BCUT2D eigenvalue weighted by Gasteiger charge is 2.35. The van der Waals surface area contributed by atoms with Crippen molar-refractivity contribution < 1.29 is 24.6 Å². The maximum atomic E-state index is 10.4. The summed E-state index contributed by atoms with van der Waals surface area (Å²) in [6.07, 6.45) is -1.09. The van der Waals surface area contributed by atoms with Crippen LogP contribution < -0.4 is 5.73 Å². The molecule has 1 saturated heterocycles. The second-order valence-electron chi connectivity index (χ2n) is 2.93. The molecule has 0 radical (unpaired) electrons. The summed E-state index contributed by atoms with van der Waals surface area (Å²) in [5.74, 6) is -0.373. The van der Waals surface area contributed by atoms with Crippen molar-refractivity contribution in [2.75, 3.05) is 6.54 Å². The van der Waals surface area contributed by atoms with E-state index in [1.54, 1.807) is 0 Å². The Bertz CT molecular complexity index is 287. The fourth-order valence-corrected chi connectivity index (χ4v) is 1.57. The molecule has 0 saturated carbocycles. The Kier molecular flexibility index (Phi) is 3.13. The van der Waals surface area contributed by atoms with Crippen LogP contribution in [-0.2, 0) is 4.57 Å². The van der Waals surface area contributed by atoms with Gasteiger partial charge in [-0.2, -0.15) is 0 Å². The Labute approximate surface area is 79.9 Å². The molecule has 1 unspecified atom stereocenters. The number of hydrogen-bond acceptors (Lipinski definition) is 3. The van der Waals surface area contributed by atoms with Crippen LogP contribution in [0.25, 0.3) is 0 Å². The van der Waals surface area contributed by atoms with Gasteiger partial charge >= 0.3 is 7.75 Å². The predicted molar refractivity (Wildman–Crippen MR) is 47.0 cm³/mol. The van der Waals surface area contributed by atoms with Gasteiger partial charge in [0.05, 0.1) is 6.04 Å². The Balaban J connectivity index is 2.67. The Morgan fingerprint density at radius 2 is 2.14 bits per heavy atom. The second-order valence-corrected chi connectivity index (χ2v) is 4.16. The van der Waals surface area contributed by atoms with Crippen molar-refractivity contribution in [3.05, 3.63) is 0 Å². The largest absolute Gasteiger partial charge is 0.451 e. The van der Waals surface area contributed by atoms with Crippen LogP contribution in [0.2, 0.25) is 0 Å². The minimum absolute atomic E-state index is 0.373. The van der Waals surface area contributed by atoms with Crippen LogP contribution in [0.1, 0.15) is 6.42 Å². The van der Waals surface area contributed by atoms with Crippen molar-refractivity contribution in [3.63, 3.8) is 0 Å². The van der Waals surface area contributed by atoms with Gasteiger partial charge in [0.25, 0.3) is 0 Å². The van der Waals surface area contributed by atoms with Crippen molar-refractivity contribution in [3.8, 4) is 0 Å². The monoisotopic (exact) mass is 225 g/mol. The summed E-state index contributed by atoms with van der Waals surface area (Å²) < 4.78 is 13.4. The molecule has 0 bridgehead atoms. The van der Waals surface area contributed by atoms with Crippen LogP contribution in [-0.4, -0.2) is 49.7 Å². The van der Waals surface area contributed by atoms with E-state index in [-0.39, 0.29) is 5.96 Å². The zero-order chi connectivity index (χ0) is 10.9. The zero-order valence-corrected chi connectivity index (χ0v) is 8.08. The second kappa shape index (κ2) is 3.84. The molecule has 0 amide bonds. The molecule has 1 heterocycles. The molecule has 0 aromatic rings. The van der Waals surface area contributed by atoms with E-state index in [2.05, 4.69) is 4.76 Å². The fraction of sp³-hybridized carbons (Fsp3) is 0.800. The number of nitrogens with two attached hydrogens (primary N) is 1. The van der Waals surface area contributed by atoms with Gasteiger partial charge < -0.3 is 30.6 Å². The molecule has 0 aromatic carbocycles. The first-order chi connectivity index (χ1) is 6.31. The highest BCUT2D eigenvalue weighted by Crippen LogP contribution is 2.36. The first kappa shape index (κ1) is 11.4. The molecule has 1 aliphatic rings. The van der Waals surface area contributed by atoms with Crippen LogP contribution in [0, 0.1) is 0 Å². The van der Waals surface area contributed by atoms with Crippen LogP contribution in [0.15, 0.2) is 4.76 Å². The summed E-state index contributed by atoms with van der Waals surface area (Å²) in [5.41, 5.74) is 5.25. The van der Waals surface area contributed by atoms with Crippen LogP contribution in [0.4, 0.5) is 0 Å². The summed E-state index contributed by atoms with van der Waals surface area (Å²) in [7, 11) is -4.55. The highest BCUT2D eigenvalue weighted by molar-refractivity contribution is 7.50. The molecule has 8 nitrogen and oxygen atoms in total. The van der Waals surface area contributed by atoms with Crippen LogP contribution >= 0.6 is 7.75 Å². The number of hydrogen-bond donors (Lipinski definition) is 5. The van der Waals surface area contributed by atoms with Gasteiger partial charge in [0.2, 0.25) is 5.96 Å². The highest BCUT2D eigenvalue weighted by atomic mass is 31.2. The average Bonchev–Trinajstić information content (AvgIpc) is 1.75. The number of aliphatic hydroxyl groups is 2. The van der Waals surface area contributed by atoms with E-state index in [9.17, 15) is 4.57 Å². The predicted octanol–water partition coefficient (Wildman–Crippen LogP) is -2.22. The summed E-state index contributed by atoms with van der Waals surface area (Å²) in [6, 6.07) is -0.634. The molecule has 1 aliphatic heterocycles. The Morgan fingerprint density at radius 3 is 2.43 bits per heavy atom. The Hall–Kier alpha value is -0.660. The topological polar surface area (TPSA) is 140 Å². The maximum Gasteiger partial charge on any atom is 0.451 e. The van der Waals surface area contributed by atoms with Gasteiger partial charge in [0.1, 0.15) is 0 Å². The molecule has 0 aromatic heterocycles. The molecule has 82 valence electrons. The molecule has 14 heavy (non-hydrogen) atoms. The van der Waals surface area contributed by atoms with Crippen molar-refractivity contribution in [1.82, 2.24) is 4.90 Å². The van der Waals surface area contributed by atoms with Crippen molar-refractivity contribution in [1.29, 1.82) is 0 Å². The van der Waals surface area contributed by atoms with Gasteiger partial charge in [-0.05, 0) is 6.42 Å². The van der Waals surface area contributed by atoms with Gasteiger partial charge in [-0.15, -0.1) is 4.76 Å². The van der Waals surface area contributed by atoms with E-state index >= 15 is 0 Å². The zero-order valence-electron chi connectivity index (χ0n) is 7.19. The van der Waals surface area contributed by atoms with Gasteiger partial charge in [-0.1, -0.05) is 0 Å². The number of guanidine groups is 1. The third-order valence-corrected chi connectivity index (χ3v) is 2.40. The summed E-state index contributed by atoms with van der Waals surface area (Å²) >= 11 is 0. The molecule has 1 rings (SSSR count). The lowest BCUT2D eigenvalue weighted by molar-refractivity contribution is -0.113.